The molecule has 0 aromatic rings. The van der Waals surface area contributed by atoms with Gasteiger partial charge >= 0.3 is 0 Å². The standard InChI is InChI=1S/C60H119NO4/c1-3-5-7-9-11-13-15-17-19-21-23-25-26-27-28-29-30-31-32-33-34-35-37-39-41-43-45-47-49-51-53-55-59(64)60(65)61-57(56-62)58(63)54-52-50-48-46-44-42-40-38-36-24-22-20-18-16-14-12-10-8-6-4-2/h52,54,57-59,62-64H,3-51,53,55-56H2,1-2H3,(H,61,65)/b54-52+. The average Bonchev–Trinajstić information content (AvgIpc) is 3.31. The zero-order valence-corrected chi connectivity index (χ0v) is 44.4. The molecule has 5 nitrogen and oxygen atoms in total. The van der Waals surface area contributed by atoms with Gasteiger partial charge in [0.1, 0.15) is 6.10 Å². The fourth-order valence-electron chi connectivity index (χ4n) is 9.72. The molecule has 0 aliphatic rings. The van der Waals surface area contributed by atoms with E-state index >= 15 is 0 Å². The molecular formula is C60H119NO4. The van der Waals surface area contributed by atoms with Gasteiger partial charge in [0, 0.05) is 0 Å². The molecule has 0 spiro atoms. The van der Waals surface area contributed by atoms with Crippen LogP contribution in [0.15, 0.2) is 12.2 Å². The van der Waals surface area contributed by atoms with Crippen LogP contribution in [0.25, 0.3) is 0 Å². The molecule has 3 unspecified atom stereocenters. The van der Waals surface area contributed by atoms with Gasteiger partial charge in [0.25, 0.3) is 0 Å². The summed E-state index contributed by atoms with van der Waals surface area (Å²) in [6.45, 7) is 4.23. The first-order valence-corrected chi connectivity index (χ1v) is 30.0. The normalized spacial score (nSPS) is 13.2. The summed E-state index contributed by atoms with van der Waals surface area (Å²) in [5.41, 5.74) is 0. The van der Waals surface area contributed by atoms with Crippen LogP contribution in [0.5, 0.6) is 0 Å². The number of hydrogen-bond acceptors (Lipinski definition) is 4. The van der Waals surface area contributed by atoms with Gasteiger partial charge in [0.2, 0.25) is 5.91 Å². The van der Waals surface area contributed by atoms with Gasteiger partial charge in [0.15, 0.2) is 0 Å². The van der Waals surface area contributed by atoms with E-state index in [0.717, 1.165) is 32.1 Å². The largest absolute Gasteiger partial charge is 0.394 e. The van der Waals surface area contributed by atoms with Crippen molar-refractivity contribution < 1.29 is 20.1 Å². The number of aliphatic hydroxyl groups is 3. The minimum atomic E-state index is -1.09. The lowest BCUT2D eigenvalue weighted by Crippen LogP contribution is -2.48. The van der Waals surface area contributed by atoms with E-state index in [1.54, 1.807) is 6.08 Å². The summed E-state index contributed by atoms with van der Waals surface area (Å²) in [6, 6.07) is -0.794. The van der Waals surface area contributed by atoms with E-state index in [0.29, 0.717) is 6.42 Å². The van der Waals surface area contributed by atoms with Crippen LogP contribution in [0.2, 0.25) is 0 Å². The highest BCUT2D eigenvalue weighted by Crippen LogP contribution is 2.19. The molecule has 65 heavy (non-hydrogen) atoms. The summed E-state index contributed by atoms with van der Waals surface area (Å²) in [4.78, 5) is 12.6. The summed E-state index contributed by atoms with van der Waals surface area (Å²) in [6.07, 6.45) is 70.2. The molecule has 0 fully saturated rings. The molecule has 388 valence electrons. The van der Waals surface area contributed by atoms with Crippen LogP contribution in [-0.2, 0) is 4.79 Å². The van der Waals surface area contributed by atoms with E-state index < -0.39 is 24.2 Å². The number of aliphatic hydroxyl groups excluding tert-OH is 3. The van der Waals surface area contributed by atoms with Crippen LogP contribution in [0, 0.1) is 0 Å². The van der Waals surface area contributed by atoms with E-state index in [-0.39, 0.29) is 6.61 Å². The van der Waals surface area contributed by atoms with Crippen molar-refractivity contribution in [1.82, 2.24) is 5.32 Å². The first-order valence-electron chi connectivity index (χ1n) is 30.0. The summed E-state index contributed by atoms with van der Waals surface area (Å²) >= 11 is 0. The van der Waals surface area contributed by atoms with Crippen LogP contribution < -0.4 is 5.32 Å². The zero-order valence-electron chi connectivity index (χ0n) is 44.4. The Morgan fingerprint density at radius 3 is 0.846 bits per heavy atom. The number of rotatable bonds is 56. The SMILES string of the molecule is CCCCCCCCCCCCCCCCCCCC/C=C/C(O)C(CO)NC(=O)C(O)CCCCCCCCCCCCCCCCCCCCCCCCCCCCCCCCC. The minimum Gasteiger partial charge on any atom is -0.394 e. The number of carbonyl (C=O) groups excluding carboxylic acids is 1. The first kappa shape index (κ1) is 64.1. The summed E-state index contributed by atoms with van der Waals surface area (Å²) in [5.74, 6) is -0.495. The Hall–Kier alpha value is -0.910. The summed E-state index contributed by atoms with van der Waals surface area (Å²) in [7, 11) is 0. The highest BCUT2D eigenvalue weighted by molar-refractivity contribution is 5.80. The fourth-order valence-corrected chi connectivity index (χ4v) is 9.72. The van der Waals surface area contributed by atoms with Crippen molar-refractivity contribution in [2.24, 2.45) is 0 Å². The first-order chi connectivity index (χ1) is 32.1. The van der Waals surface area contributed by atoms with Gasteiger partial charge in [-0.05, 0) is 19.3 Å². The molecule has 0 saturated carbocycles. The Kier molecular flexibility index (Phi) is 54.9. The maximum Gasteiger partial charge on any atom is 0.249 e. The van der Waals surface area contributed by atoms with Gasteiger partial charge in [-0.3, -0.25) is 4.79 Å². The Bertz CT molecular complexity index is 925. The van der Waals surface area contributed by atoms with Crippen molar-refractivity contribution >= 4 is 5.91 Å². The second-order valence-electron chi connectivity index (χ2n) is 20.9. The monoisotopic (exact) mass is 918 g/mol. The van der Waals surface area contributed by atoms with E-state index in [2.05, 4.69) is 19.2 Å². The van der Waals surface area contributed by atoms with Crippen LogP contribution in [-0.4, -0.2) is 46.1 Å². The number of amides is 1. The van der Waals surface area contributed by atoms with Crippen molar-refractivity contribution in [2.75, 3.05) is 6.61 Å². The van der Waals surface area contributed by atoms with Crippen LogP contribution in [0.1, 0.15) is 341 Å². The van der Waals surface area contributed by atoms with Gasteiger partial charge in [0.05, 0.1) is 18.8 Å². The van der Waals surface area contributed by atoms with Gasteiger partial charge in [-0.2, -0.15) is 0 Å². The Labute approximate surface area is 408 Å². The number of unbranched alkanes of at least 4 members (excludes halogenated alkanes) is 48. The van der Waals surface area contributed by atoms with E-state index in [9.17, 15) is 20.1 Å². The topological polar surface area (TPSA) is 89.8 Å². The van der Waals surface area contributed by atoms with E-state index in [1.807, 2.05) is 6.08 Å². The van der Waals surface area contributed by atoms with E-state index in [1.165, 1.54) is 289 Å². The van der Waals surface area contributed by atoms with Crippen molar-refractivity contribution in [1.29, 1.82) is 0 Å². The molecule has 0 aliphatic carbocycles. The average molecular weight is 919 g/mol. The Morgan fingerprint density at radius 1 is 0.369 bits per heavy atom. The van der Waals surface area contributed by atoms with Crippen LogP contribution >= 0.6 is 0 Å². The maximum absolute atomic E-state index is 12.6. The lowest BCUT2D eigenvalue weighted by atomic mass is 10.0. The predicted molar refractivity (Wildman–Crippen MR) is 287 cm³/mol. The number of carbonyl (C=O) groups is 1. The van der Waals surface area contributed by atoms with Crippen molar-refractivity contribution in [3.8, 4) is 0 Å². The molecular weight excluding hydrogens is 799 g/mol. The third kappa shape index (κ3) is 50.8. The molecule has 4 N–H and O–H groups in total. The fraction of sp³-hybridized carbons (Fsp3) is 0.950. The molecule has 0 aliphatic heterocycles. The molecule has 5 heteroatoms. The third-order valence-electron chi connectivity index (χ3n) is 14.4. The van der Waals surface area contributed by atoms with Gasteiger partial charge in [-0.15, -0.1) is 0 Å². The molecule has 0 aromatic heterocycles. The third-order valence-corrected chi connectivity index (χ3v) is 14.4. The van der Waals surface area contributed by atoms with Gasteiger partial charge < -0.3 is 20.6 Å². The molecule has 0 rings (SSSR count). The highest BCUT2D eigenvalue weighted by Gasteiger charge is 2.22. The molecule has 0 aromatic carbocycles. The smallest absolute Gasteiger partial charge is 0.249 e. The van der Waals surface area contributed by atoms with Gasteiger partial charge in [-0.25, -0.2) is 0 Å². The molecule has 0 heterocycles. The zero-order chi connectivity index (χ0) is 47.2. The molecule has 3 atom stereocenters. The van der Waals surface area contributed by atoms with Crippen molar-refractivity contribution in [3.63, 3.8) is 0 Å². The second kappa shape index (κ2) is 55.7. The maximum atomic E-state index is 12.6. The molecule has 0 saturated heterocycles. The van der Waals surface area contributed by atoms with Crippen molar-refractivity contribution in [3.05, 3.63) is 12.2 Å². The minimum absolute atomic E-state index is 0.358. The summed E-state index contributed by atoms with van der Waals surface area (Å²) in [5, 5.41) is 33.4. The quantitative estimate of drug-likeness (QED) is 0.0361. The Morgan fingerprint density at radius 2 is 0.600 bits per heavy atom. The lowest BCUT2D eigenvalue weighted by molar-refractivity contribution is -0.131. The second-order valence-corrected chi connectivity index (χ2v) is 20.9. The number of hydrogen-bond donors (Lipinski definition) is 4. The Balaban J connectivity index is 3.49. The van der Waals surface area contributed by atoms with Gasteiger partial charge in [-0.1, -0.05) is 334 Å². The lowest BCUT2D eigenvalue weighted by Gasteiger charge is -2.21. The number of allylic oxidation sites excluding steroid dienone is 1. The van der Waals surface area contributed by atoms with E-state index in [4.69, 9.17) is 0 Å². The number of nitrogens with one attached hydrogen (secondary N) is 1. The highest BCUT2D eigenvalue weighted by atomic mass is 16.3. The molecule has 0 radical (unpaired) electrons. The summed E-state index contributed by atoms with van der Waals surface area (Å²) < 4.78 is 0. The van der Waals surface area contributed by atoms with Crippen molar-refractivity contribution in [2.45, 2.75) is 360 Å². The molecule has 0 bridgehead atoms. The van der Waals surface area contributed by atoms with Crippen LogP contribution in [0.3, 0.4) is 0 Å². The van der Waals surface area contributed by atoms with Crippen LogP contribution in [0.4, 0.5) is 0 Å². The predicted octanol–water partition coefficient (Wildman–Crippen LogP) is 18.7. The molecule has 1 amide bonds.